The molecule has 0 saturated carbocycles. The molecule has 1 N–H and O–H groups in total. The predicted octanol–water partition coefficient (Wildman–Crippen LogP) is 1.28. The largest absolute Gasteiger partial charge is 0.495 e. The summed E-state index contributed by atoms with van der Waals surface area (Å²) in [5.74, 6) is 0.674. The molecule has 0 bridgehead atoms. The van der Waals surface area contributed by atoms with E-state index in [0.717, 1.165) is 18.5 Å². The molecule has 2 rings (SSSR count). The van der Waals surface area contributed by atoms with Gasteiger partial charge in [0.05, 0.1) is 18.7 Å². The number of nitriles is 1. The Morgan fingerprint density at radius 3 is 3.00 bits per heavy atom. The molecule has 1 aliphatic heterocycles. The number of carbonyl (C=O) groups is 1. The third-order valence-electron chi connectivity index (χ3n) is 3.60. The molecular formula is C15H19N3O2. The molecule has 0 aliphatic carbocycles. The second-order valence-electron chi connectivity index (χ2n) is 4.83. The lowest BCUT2D eigenvalue weighted by molar-refractivity contribution is -0.129. The predicted molar refractivity (Wildman–Crippen MR) is 75.2 cm³/mol. The summed E-state index contributed by atoms with van der Waals surface area (Å²) in [6.07, 6.45) is 0.785. The summed E-state index contributed by atoms with van der Waals surface area (Å²) in [5, 5.41) is 12.0. The van der Waals surface area contributed by atoms with Crippen LogP contribution in [-0.2, 0) is 11.3 Å². The van der Waals surface area contributed by atoms with Crippen molar-refractivity contribution >= 4 is 5.91 Å². The highest BCUT2D eigenvalue weighted by Crippen LogP contribution is 2.21. The van der Waals surface area contributed by atoms with E-state index in [1.807, 2.05) is 19.1 Å². The fraction of sp³-hybridized carbons (Fsp3) is 0.467. The SMILES string of the molecule is CCC1C(=O)NCCN1Cc1ccc(OC)c(C#N)c1. The summed E-state index contributed by atoms with van der Waals surface area (Å²) in [6.45, 7) is 4.19. The molecule has 1 aliphatic rings. The van der Waals surface area contributed by atoms with Gasteiger partial charge in [0.25, 0.3) is 0 Å². The maximum absolute atomic E-state index is 11.8. The topological polar surface area (TPSA) is 65.4 Å². The van der Waals surface area contributed by atoms with Crippen LogP contribution in [0, 0.1) is 11.3 Å². The Balaban J connectivity index is 2.17. The van der Waals surface area contributed by atoms with Gasteiger partial charge in [-0.1, -0.05) is 13.0 Å². The molecule has 20 heavy (non-hydrogen) atoms. The number of rotatable bonds is 4. The monoisotopic (exact) mass is 273 g/mol. The average molecular weight is 273 g/mol. The molecule has 5 heteroatoms. The van der Waals surface area contributed by atoms with Crippen LogP contribution in [0.3, 0.4) is 0 Å². The molecule has 106 valence electrons. The summed E-state index contributed by atoms with van der Waals surface area (Å²) in [5.41, 5.74) is 1.55. The van der Waals surface area contributed by atoms with E-state index in [1.54, 1.807) is 13.2 Å². The zero-order valence-electron chi connectivity index (χ0n) is 11.8. The van der Waals surface area contributed by atoms with E-state index < -0.39 is 0 Å². The lowest BCUT2D eigenvalue weighted by atomic mass is 10.1. The van der Waals surface area contributed by atoms with Crippen molar-refractivity contribution in [1.29, 1.82) is 5.26 Å². The minimum Gasteiger partial charge on any atom is -0.495 e. The zero-order chi connectivity index (χ0) is 14.5. The molecule has 1 unspecified atom stereocenters. The van der Waals surface area contributed by atoms with E-state index in [1.165, 1.54) is 0 Å². The van der Waals surface area contributed by atoms with Crippen LogP contribution in [0.2, 0.25) is 0 Å². The first-order valence-electron chi connectivity index (χ1n) is 6.78. The number of amides is 1. The molecule has 1 aromatic rings. The first-order valence-corrected chi connectivity index (χ1v) is 6.78. The summed E-state index contributed by atoms with van der Waals surface area (Å²) < 4.78 is 5.14. The summed E-state index contributed by atoms with van der Waals surface area (Å²) in [4.78, 5) is 14.0. The molecule has 1 fully saturated rings. The van der Waals surface area contributed by atoms with Crippen molar-refractivity contribution in [3.8, 4) is 11.8 Å². The number of hydrogen-bond acceptors (Lipinski definition) is 4. The van der Waals surface area contributed by atoms with Gasteiger partial charge in [-0.2, -0.15) is 5.26 Å². The molecule has 5 nitrogen and oxygen atoms in total. The van der Waals surface area contributed by atoms with Crippen LogP contribution >= 0.6 is 0 Å². The summed E-state index contributed by atoms with van der Waals surface area (Å²) in [6, 6.07) is 7.63. The van der Waals surface area contributed by atoms with Gasteiger partial charge < -0.3 is 10.1 Å². The summed E-state index contributed by atoms with van der Waals surface area (Å²) in [7, 11) is 1.55. The number of nitrogens with zero attached hydrogens (tertiary/aromatic N) is 2. The van der Waals surface area contributed by atoms with Crippen LogP contribution in [0.5, 0.6) is 5.75 Å². The van der Waals surface area contributed by atoms with Crippen molar-refractivity contribution in [2.75, 3.05) is 20.2 Å². The van der Waals surface area contributed by atoms with Gasteiger partial charge in [0.15, 0.2) is 0 Å². The smallest absolute Gasteiger partial charge is 0.237 e. The van der Waals surface area contributed by atoms with E-state index in [4.69, 9.17) is 10.00 Å². The van der Waals surface area contributed by atoms with E-state index in [0.29, 0.717) is 24.4 Å². The van der Waals surface area contributed by atoms with Crippen molar-refractivity contribution in [3.63, 3.8) is 0 Å². The Kier molecular flexibility index (Phi) is 4.59. The molecule has 1 saturated heterocycles. The fourth-order valence-corrected chi connectivity index (χ4v) is 2.57. The van der Waals surface area contributed by atoms with Gasteiger partial charge >= 0.3 is 0 Å². The molecule has 1 heterocycles. The van der Waals surface area contributed by atoms with Crippen molar-refractivity contribution in [1.82, 2.24) is 10.2 Å². The quantitative estimate of drug-likeness (QED) is 0.897. The van der Waals surface area contributed by atoms with Crippen molar-refractivity contribution in [3.05, 3.63) is 29.3 Å². The molecule has 1 atom stereocenters. The Bertz CT molecular complexity index is 536. The van der Waals surface area contributed by atoms with E-state index in [2.05, 4.69) is 16.3 Å². The second kappa shape index (κ2) is 6.40. The molecule has 1 aromatic carbocycles. The van der Waals surface area contributed by atoms with Crippen LogP contribution in [0.15, 0.2) is 18.2 Å². The molecule has 1 amide bonds. The maximum atomic E-state index is 11.8. The van der Waals surface area contributed by atoms with Gasteiger partial charge in [-0.15, -0.1) is 0 Å². The highest BCUT2D eigenvalue weighted by atomic mass is 16.5. The normalized spacial score (nSPS) is 19.2. The zero-order valence-corrected chi connectivity index (χ0v) is 11.8. The van der Waals surface area contributed by atoms with Gasteiger partial charge in [0.1, 0.15) is 11.8 Å². The molecular weight excluding hydrogens is 254 g/mol. The van der Waals surface area contributed by atoms with Crippen molar-refractivity contribution in [2.45, 2.75) is 25.9 Å². The third-order valence-corrected chi connectivity index (χ3v) is 3.60. The maximum Gasteiger partial charge on any atom is 0.237 e. The number of hydrogen-bond donors (Lipinski definition) is 1. The lowest BCUT2D eigenvalue weighted by Gasteiger charge is -2.34. The van der Waals surface area contributed by atoms with Crippen LogP contribution < -0.4 is 10.1 Å². The van der Waals surface area contributed by atoms with Crippen LogP contribution in [0.1, 0.15) is 24.5 Å². The number of methoxy groups -OCH3 is 1. The lowest BCUT2D eigenvalue weighted by Crippen LogP contribution is -2.54. The Hall–Kier alpha value is -2.06. The molecule has 0 aromatic heterocycles. The highest BCUT2D eigenvalue weighted by molar-refractivity contribution is 5.82. The van der Waals surface area contributed by atoms with Gasteiger partial charge in [-0.3, -0.25) is 9.69 Å². The number of benzene rings is 1. The van der Waals surface area contributed by atoms with Gasteiger partial charge in [0, 0.05) is 19.6 Å². The average Bonchev–Trinajstić information content (AvgIpc) is 2.47. The van der Waals surface area contributed by atoms with Crippen LogP contribution in [-0.4, -0.2) is 37.0 Å². The number of nitrogens with one attached hydrogen (secondary N) is 1. The molecule has 0 radical (unpaired) electrons. The fourth-order valence-electron chi connectivity index (χ4n) is 2.57. The van der Waals surface area contributed by atoms with Gasteiger partial charge in [-0.05, 0) is 24.1 Å². The third kappa shape index (κ3) is 2.91. The number of carbonyl (C=O) groups excluding carboxylic acids is 1. The minimum absolute atomic E-state index is 0.0867. The first-order chi connectivity index (χ1) is 9.69. The Labute approximate surface area is 119 Å². The summed E-state index contributed by atoms with van der Waals surface area (Å²) >= 11 is 0. The minimum atomic E-state index is -0.0867. The van der Waals surface area contributed by atoms with Gasteiger partial charge in [-0.25, -0.2) is 0 Å². The standard InChI is InChI=1S/C15H19N3O2/c1-3-13-15(19)17-6-7-18(13)10-11-4-5-14(20-2)12(8-11)9-16/h4-5,8,13H,3,6-7,10H2,1-2H3,(H,17,19). The van der Waals surface area contributed by atoms with Crippen LogP contribution in [0.4, 0.5) is 0 Å². The number of ether oxygens (including phenoxy) is 1. The Morgan fingerprint density at radius 1 is 1.55 bits per heavy atom. The van der Waals surface area contributed by atoms with E-state index >= 15 is 0 Å². The number of piperazine rings is 1. The van der Waals surface area contributed by atoms with Crippen molar-refractivity contribution < 1.29 is 9.53 Å². The Morgan fingerprint density at radius 2 is 2.35 bits per heavy atom. The van der Waals surface area contributed by atoms with E-state index in [9.17, 15) is 4.79 Å². The van der Waals surface area contributed by atoms with Gasteiger partial charge in [0.2, 0.25) is 5.91 Å². The van der Waals surface area contributed by atoms with Crippen LogP contribution in [0.25, 0.3) is 0 Å². The first kappa shape index (κ1) is 14.4. The second-order valence-corrected chi connectivity index (χ2v) is 4.83. The van der Waals surface area contributed by atoms with E-state index in [-0.39, 0.29) is 11.9 Å². The highest BCUT2D eigenvalue weighted by Gasteiger charge is 2.27. The van der Waals surface area contributed by atoms with Crippen molar-refractivity contribution in [2.24, 2.45) is 0 Å². The molecule has 0 spiro atoms.